The average molecular weight is 674 g/mol. The predicted octanol–water partition coefficient (Wildman–Crippen LogP) is 6.30. The summed E-state index contributed by atoms with van der Waals surface area (Å²) in [7, 11) is 6.31. The van der Waals surface area contributed by atoms with Gasteiger partial charge < -0.3 is 18.9 Å². The fourth-order valence-corrected chi connectivity index (χ4v) is 13.0. The van der Waals surface area contributed by atoms with Crippen LogP contribution in [0, 0.1) is 23.7 Å². The standard InChI is InChI=1S/C32H28Cl4N4O4/c1-41-31(42-2)27(33)15-13-17-18(14-16(15)28(31,34)24-23(27)37-19-9-5-6-10-20(19)38-24)30(36)26-25(29(17,35)32(30,43-3)44-4)39-21-11-7-8-12-22(21)40-26/h5-12,15-18H,13-14H2,1-4H3/t15-,16+,17+,18-,27-,28+,29+,30-. The summed E-state index contributed by atoms with van der Waals surface area (Å²) in [6.07, 6.45) is 1.02. The normalized spacial score (nSPS) is 39.8. The van der Waals surface area contributed by atoms with Crippen LogP contribution in [0.15, 0.2) is 48.5 Å². The van der Waals surface area contributed by atoms with E-state index in [0.717, 1.165) is 0 Å². The predicted molar refractivity (Wildman–Crippen MR) is 166 cm³/mol. The number of hydrogen-bond acceptors (Lipinski definition) is 8. The summed E-state index contributed by atoms with van der Waals surface area (Å²) >= 11 is 31.6. The van der Waals surface area contributed by atoms with Gasteiger partial charge in [0.25, 0.3) is 0 Å². The molecule has 8 nitrogen and oxygen atoms in total. The highest BCUT2D eigenvalue weighted by molar-refractivity contribution is 6.33. The molecular weight excluding hydrogens is 646 g/mol. The Hall–Kier alpha value is -1.88. The van der Waals surface area contributed by atoms with Crippen LogP contribution >= 0.6 is 46.4 Å². The largest absolute Gasteiger partial charge is 0.349 e. The average Bonchev–Trinajstić information content (AvgIpc) is 3.49. The lowest BCUT2D eigenvalue weighted by Gasteiger charge is -2.49. The molecule has 0 amide bonds. The van der Waals surface area contributed by atoms with E-state index >= 15 is 0 Å². The third kappa shape index (κ3) is 2.52. The summed E-state index contributed by atoms with van der Waals surface area (Å²) in [5.41, 5.74) is 5.14. The first kappa shape index (κ1) is 28.4. The lowest BCUT2D eigenvalue weighted by Crippen LogP contribution is -2.54. The van der Waals surface area contributed by atoms with Crippen LogP contribution < -0.4 is 0 Å². The van der Waals surface area contributed by atoms with E-state index in [4.69, 9.17) is 85.3 Å². The molecule has 0 unspecified atom stereocenters. The molecule has 4 bridgehead atoms. The third-order valence-corrected chi connectivity index (χ3v) is 14.4. The van der Waals surface area contributed by atoms with Gasteiger partial charge in [0.15, 0.2) is 0 Å². The number of nitrogens with zero attached hydrogens (tertiary/aromatic N) is 4. The number of halogens is 4. The van der Waals surface area contributed by atoms with E-state index in [1.165, 1.54) is 0 Å². The molecule has 44 heavy (non-hydrogen) atoms. The first-order valence-electron chi connectivity index (χ1n) is 14.6. The zero-order valence-electron chi connectivity index (χ0n) is 24.3. The molecule has 0 N–H and O–H groups in total. The molecule has 0 radical (unpaired) electrons. The molecule has 5 aliphatic carbocycles. The fourth-order valence-electron chi connectivity index (χ4n) is 10.2. The summed E-state index contributed by atoms with van der Waals surface area (Å²) in [6, 6.07) is 15.3. The highest BCUT2D eigenvalue weighted by Crippen LogP contribution is 2.84. The Labute approximate surface area is 273 Å². The van der Waals surface area contributed by atoms with Crippen LogP contribution in [0.25, 0.3) is 22.1 Å². The zero-order chi connectivity index (χ0) is 30.7. The maximum absolute atomic E-state index is 7.90. The Morgan fingerprint density at radius 1 is 0.477 bits per heavy atom. The topological polar surface area (TPSA) is 88.5 Å². The highest BCUT2D eigenvalue weighted by Gasteiger charge is 2.91. The quantitative estimate of drug-likeness (QED) is 0.184. The molecule has 0 spiro atoms. The van der Waals surface area contributed by atoms with E-state index in [9.17, 15) is 0 Å². The molecule has 2 heterocycles. The fraction of sp³-hybridized carbons (Fsp3) is 0.500. The van der Waals surface area contributed by atoms with Crippen LogP contribution in [0.5, 0.6) is 0 Å². The first-order chi connectivity index (χ1) is 21.1. The van der Waals surface area contributed by atoms with Gasteiger partial charge in [0.05, 0.1) is 44.8 Å². The SMILES string of the molecule is COC1(OC)[C@@]2(Cl)c3nc4ccccc4nc3[C@]1(Cl)[C@@H]1C[C@H]3[C@@H](C[C@@H]12)[C@@]1(Cl)c2nc4ccccc4nc2[C@]3(Cl)C1(OC)OC. The first-order valence-corrected chi connectivity index (χ1v) is 16.1. The maximum atomic E-state index is 7.90. The lowest BCUT2D eigenvalue weighted by molar-refractivity contribution is -0.241. The smallest absolute Gasteiger partial charge is 0.219 e. The van der Waals surface area contributed by atoms with Crippen molar-refractivity contribution in [1.29, 1.82) is 0 Å². The Morgan fingerprint density at radius 2 is 0.705 bits per heavy atom. The van der Waals surface area contributed by atoms with Crippen molar-refractivity contribution < 1.29 is 18.9 Å². The Bertz CT molecular complexity index is 1660. The van der Waals surface area contributed by atoms with Crippen molar-refractivity contribution in [2.45, 2.75) is 43.9 Å². The van der Waals surface area contributed by atoms with Crippen molar-refractivity contribution in [3.8, 4) is 0 Å². The van der Waals surface area contributed by atoms with E-state index in [-0.39, 0.29) is 23.7 Å². The molecule has 4 aromatic rings. The van der Waals surface area contributed by atoms with E-state index in [0.29, 0.717) is 57.7 Å². The Kier molecular flexibility index (Phi) is 5.49. The van der Waals surface area contributed by atoms with Crippen LogP contribution in [0.4, 0.5) is 0 Å². The van der Waals surface area contributed by atoms with Gasteiger partial charge in [-0.3, -0.25) is 0 Å². The third-order valence-electron chi connectivity index (χ3n) is 11.6. The van der Waals surface area contributed by atoms with E-state index < -0.39 is 31.1 Å². The molecule has 5 aliphatic rings. The minimum absolute atomic E-state index is 0.274. The van der Waals surface area contributed by atoms with Gasteiger partial charge >= 0.3 is 0 Å². The van der Waals surface area contributed by atoms with Crippen molar-refractivity contribution in [1.82, 2.24) is 19.9 Å². The maximum Gasteiger partial charge on any atom is 0.219 e. The number of rotatable bonds is 4. The monoisotopic (exact) mass is 672 g/mol. The molecular formula is C32H28Cl4N4O4. The van der Waals surface area contributed by atoms with Crippen LogP contribution in [-0.4, -0.2) is 59.9 Å². The van der Waals surface area contributed by atoms with Gasteiger partial charge in [-0.1, -0.05) is 24.3 Å². The number of fused-ring (bicyclic) bond motifs is 18. The highest BCUT2D eigenvalue weighted by atomic mass is 35.5. The Balaban J connectivity index is 1.30. The number of alkyl halides is 4. The molecule has 8 atom stereocenters. The summed E-state index contributed by atoms with van der Waals surface area (Å²) in [5, 5.41) is 0. The molecule has 12 heteroatoms. The van der Waals surface area contributed by atoms with Gasteiger partial charge in [0.1, 0.15) is 19.5 Å². The second-order valence-corrected chi connectivity index (χ2v) is 15.0. The van der Waals surface area contributed by atoms with Crippen molar-refractivity contribution in [2.75, 3.05) is 28.4 Å². The summed E-state index contributed by atoms with van der Waals surface area (Å²) < 4.78 is 25.1. The summed E-state index contributed by atoms with van der Waals surface area (Å²) in [5.74, 6) is -4.03. The van der Waals surface area contributed by atoms with Crippen molar-refractivity contribution in [3.63, 3.8) is 0 Å². The number of aromatic nitrogens is 4. The number of ether oxygens (including phenoxy) is 4. The summed E-state index contributed by atoms with van der Waals surface area (Å²) in [4.78, 5) is 15.1. The van der Waals surface area contributed by atoms with Gasteiger partial charge in [-0.2, -0.15) is 0 Å². The molecule has 2 aromatic heterocycles. The van der Waals surface area contributed by atoms with E-state index in [1.54, 1.807) is 28.4 Å². The van der Waals surface area contributed by atoms with Gasteiger partial charge in [-0.05, 0) is 60.8 Å². The van der Waals surface area contributed by atoms with Gasteiger partial charge in [-0.15, -0.1) is 46.4 Å². The van der Waals surface area contributed by atoms with E-state index in [2.05, 4.69) is 0 Å². The van der Waals surface area contributed by atoms with Crippen LogP contribution in [0.1, 0.15) is 35.6 Å². The second kappa shape index (κ2) is 8.52. The van der Waals surface area contributed by atoms with Gasteiger partial charge in [0, 0.05) is 28.4 Å². The summed E-state index contributed by atoms with van der Waals surface area (Å²) in [6.45, 7) is 0. The molecule has 2 aromatic carbocycles. The van der Waals surface area contributed by atoms with E-state index in [1.807, 2.05) is 48.5 Å². The molecule has 3 saturated carbocycles. The minimum Gasteiger partial charge on any atom is -0.349 e. The molecule has 9 rings (SSSR count). The zero-order valence-corrected chi connectivity index (χ0v) is 27.3. The van der Waals surface area contributed by atoms with Crippen LogP contribution in [0.3, 0.4) is 0 Å². The minimum atomic E-state index is -1.47. The molecule has 228 valence electrons. The lowest BCUT2D eigenvalue weighted by atomic mass is 9.59. The van der Waals surface area contributed by atoms with Crippen LogP contribution in [-0.2, 0) is 38.4 Å². The van der Waals surface area contributed by atoms with Crippen molar-refractivity contribution in [3.05, 3.63) is 71.3 Å². The number of benzene rings is 2. The molecule has 0 aliphatic heterocycles. The Morgan fingerprint density at radius 3 is 0.909 bits per heavy atom. The van der Waals surface area contributed by atoms with Crippen LogP contribution in [0.2, 0.25) is 0 Å². The van der Waals surface area contributed by atoms with Gasteiger partial charge in [0.2, 0.25) is 11.6 Å². The number of methoxy groups -OCH3 is 4. The van der Waals surface area contributed by atoms with Crippen molar-refractivity contribution >= 4 is 68.5 Å². The second-order valence-electron chi connectivity index (χ2n) is 12.6. The molecule has 3 fully saturated rings. The molecule has 0 saturated heterocycles. The van der Waals surface area contributed by atoms with Crippen molar-refractivity contribution in [2.24, 2.45) is 23.7 Å². The van der Waals surface area contributed by atoms with Gasteiger partial charge in [-0.25, -0.2) is 19.9 Å². The number of hydrogen-bond donors (Lipinski definition) is 0. The number of para-hydroxylation sites is 4.